The van der Waals surface area contributed by atoms with E-state index in [1.807, 2.05) is 12.1 Å². The largest absolute Gasteiger partial charge is 0.319 e. The highest BCUT2D eigenvalue weighted by Crippen LogP contribution is 2.53. The van der Waals surface area contributed by atoms with Crippen molar-refractivity contribution in [2.45, 2.75) is 44.8 Å². The molecule has 0 aromatic carbocycles. The Morgan fingerprint density at radius 1 is 1.10 bits per heavy atom. The molecule has 0 N–H and O–H groups in total. The summed E-state index contributed by atoms with van der Waals surface area (Å²) in [5.74, 6) is 3.74. The summed E-state index contributed by atoms with van der Waals surface area (Å²) in [6.45, 7) is 0.749. The van der Waals surface area contributed by atoms with E-state index in [1.54, 1.807) is 5.71 Å². The van der Waals surface area contributed by atoms with Gasteiger partial charge in [-0.15, -0.1) is 5.01 Å². The summed E-state index contributed by atoms with van der Waals surface area (Å²) in [6.07, 6.45) is 7.82. The summed E-state index contributed by atoms with van der Waals surface area (Å²) < 4.78 is 8.21. The highest BCUT2D eigenvalue weighted by molar-refractivity contribution is 5.88. The van der Waals surface area contributed by atoms with Crippen LogP contribution < -0.4 is 0 Å². The fourth-order valence-electron chi connectivity index (χ4n) is 5.94. The van der Waals surface area contributed by atoms with Crippen LogP contribution in [0.25, 0.3) is 0 Å². The number of ether oxygens (including phenoxy) is 1. The van der Waals surface area contributed by atoms with Gasteiger partial charge in [0.05, 0.1) is 13.7 Å². The Kier molecular flexibility index (Phi) is 2.25. The van der Waals surface area contributed by atoms with Crippen LogP contribution in [0.3, 0.4) is 0 Å². The lowest BCUT2D eigenvalue weighted by Gasteiger charge is -2.48. The molecule has 20 heavy (non-hydrogen) atoms. The number of hydrazone groups is 1. The first-order chi connectivity index (χ1) is 9.72. The average molecular weight is 275 g/mol. The summed E-state index contributed by atoms with van der Waals surface area (Å²) in [5, 5.41) is 1.88. The average Bonchev–Trinajstić information content (AvgIpc) is 2.96. The molecule has 1 unspecified atom stereocenters. The summed E-state index contributed by atoms with van der Waals surface area (Å²) in [4.78, 5) is 12.4. The topological polar surface area (TPSA) is 32.6 Å². The normalized spacial score (nSPS) is 49.5. The molecule has 1 amide bonds. The fourth-order valence-corrected chi connectivity index (χ4v) is 5.94. The van der Waals surface area contributed by atoms with Crippen molar-refractivity contribution in [3.63, 3.8) is 0 Å². The number of carbonyl (C=O) groups excluding carboxylic acids is 1. The van der Waals surface area contributed by atoms with Crippen LogP contribution >= 0.6 is 0 Å². The molecule has 0 aromatic heterocycles. The number of hydrogen-bond donors (Lipinski definition) is 0. The molecule has 4 saturated carbocycles. The highest BCUT2D eigenvalue weighted by Gasteiger charge is 2.59. The second-order valence-electron chi connectivity index (χ2n) is 7.59. The zero-order chi connectivity index (χ0) is 13.4. The van der Waals surface area contributed by atoms with Crippen molar-refractivity contribution in [1.29, 1.82) is 0 Å². The van der Waals surface area contributed by atoms with Gasteiger partial charge in [-0.05, 0) is 50.4 Å². The molecule has 6 fully saturated rings. The van der Waals surface area contributed by atoms with E-state index < -0.39 is 0 Å². The van der Waals surface area contributed by atoms with Crippen molar-refractivity contribution in [2.75, 3.05) is 13.7 Å². The maximum Gasteiger partial charge on any atom is 0.298 e. The van der Waals surface area contributed by atoms with Crippen molar-refractivity contribution in [2.24, 2.45) is 29.6 Å². The van der Waals surface area contributed by atoms with Gasteiger partial charge in [-0.2, -0.15) is 0 Å². The molecule has 4 heteroatoms. The number of fused-ring (bicyclic) bond motifs is 1. The molecular formula is C16H23N2O2+. The minimum absolute atomic E-state index is 0.0139. The maximum atomic E-state index is 12.4. The van der Waals surface area contributed by atoms with Gasteiger partial charge in [0.1, 0.15) is 5.92 Å². The maximum absolute atomic E-state index is 12.4. The number of carbonyl (C=O) groups is 1. The van der Waals surface area contributed by atoms with Gasteiger partial charge in [0, 0.05) is 11.8 Å². The zero-order valence-electron chi connectivity index (χ0n) is 12.1. The monoisotopic (exact) mass is 275 g/mol. The van der Waals surface area contributed by atoms with Crippen LogP contribution in [-0.4, -0.2) is 41.2 Å². The van der Waals surface area contributed by atoms with Crippen molar-refractivity contribution < 1.29 is 14.2 Å². The molecule has 2 atom stereocenters. The minimum atomic E-state index is 0.0139. The molecule has 2 heterocycles. The lowest BCUT2D eigenvalue weighted by molar-refractivity contribution is -0.713. The number of nitrogens with zero attached hydrogens (tertiary/aromatic N) is 2. The molecule has 4 nitrogen and oxygen atoms in total. The molecule has 0 aromatic rings. The molecule has 0 radical (unpaired) electrons. The Morgan fingerprint density at radius 2 is 1.75 bits per heavy atom. The lowest BCUT2D eigenvalue weighted by Crippen LogP contribution is -2.52. The zero-order valence-corrected chi connectivity index (χ0v) is 12.1. The first-order valence-electron chi connectivity index (χ1n) is 8.27. The molecule has 6 rings (SSSR count). The Labute approximate surface area is 119 Å². The molecule has 0 spiro atoms. The van der Waals surface area contributed by atoms with Crippen LogP contribution in [0.1, 0.15) is 38.5 Å². The molecule has 6 aliphatic rings. The summed E-state index contributed by atoms with van der Waals surface area (Å²) in [6, 6.07) is 0. The third-order valence-corrected chi connectivity index (χ3v) is 6.50. The van der Waals surface area contributed by atoms with Crippen LogP contribution in [0.5, 0.6) is 0 Å². The highest BCUT2D eigenvalue weighted by atomic mass is 16.5. The minimum Gasteiger partial charge on any atom is -0.319 e. The second kappa shape index (κ2) is 3.85. The van der Waals surface area contributed by atoms with E-state index in [-0.39, 0.29) is 18.1 Å². The van der Waals surface area contributed by atoms with E-state index in [2.05, 4.69) is 4.68 Å². The smallest absolute Gasteiger partial charge is 0.298 e. The van der Waals surface area contributed by atoms with Gasteiger partial charge < -0.3 is 4.74 Å². The number of amides is 1. The van der Waals surface area contributed by atoms with Crippen LogP contribution in [0, 0.1) is 29.6 Å². The van der Waals surface area contributed by atoms with E-state index in [4.69, 9.17) is 4.74 Å². The Morgan fingerprint density at radius 3 is 2.40 bits per heavy atom. The Hall–Kier alpha value is -0.900. The quantitative estimate of drug-likeness (QED) is 0.630. The van der Waals surface area contributed by atoms with Crippen molar-refractivity contribution >= 4 is 11.6 Å². The second-order valence-corrected chi connectivity index (χ2v) is 7.59. The van der Waals surface area contributed by atoms with Crippen LogP contribution in [0.2, 0.25) is 0 Å². The first-order valence-corrected chi connectivity index (χ1v) is 8.27. The predicted octanol–water partition coefficient (Wildman–Crippen LogP) is 1.65. The Bertz CT molecular complexity index is 483. The number of hydrazine groups is 1. The van der Waals surface area contributed by atoms with Gasteiger partial charge in [-0.3, -0.25) is 4.79 Å². The molecule has 2 saturated heterocycles. The van der Waals surface area contributed by atoms with E-state index in [9.17, 15) is 4.79 Å². The van der Waals surface area contributed by atoms with E-state index in [0.717, 1.165) is 36.7 Å². The van der Waals surface area contributed by atoms with Gasteiger partial charge >= 0.3 is 0 Å². The SMILES string of the molecule is CN1C(=O)C2CCO[C@H]2[N+]1=C1C2CC3CC(C2)CC1C3. The van der Waals surface area contributed by atoms with Gasteiger partial charge in [0.2, 0.25) is 0 Å². The number of rotatable bonds is 0. The summed E-state index contributed by atoms with van der Waals surface area (Å²) >= 11 is 0. The van der Waals surface area contributed by atoms with Crippen molar-refractivity contribution in [3.8, 4) is 0 Å². The van der Waals surface area contributed by atoms with E-state index in [0.29, 0.717) is 0 Å². The molecule has 4 aliphatic carbocycles. The summed E-state index contributed by atoms with van der Waals surface area (Å²) in [5.41, 5.74) is 1.56. The van der Waals surface area contributed by atoms with Gasteiger partial charge in [0.25, 0.3) is 12.1 Å². The predicted molar refractivity (Wildman–Crippen MR) is 72.9 cm³/mol. The van der Waals surface area contributed by atoms with Crippen LogP contribution in [0.15, 0.2) is 0 Å². The van der Waals surface area contributed by atoms with Gasteiger partial charge in [-0.1, -0.05) is 4.68 Å². The van der Waals surface area contributed by atoms with Crippen molar-refractivity contribution in [3.05, 3.63) is 0 Å². The molecular weight excluding hydrogens is 252 g/mol. The van der Waals surface area contributed by atoms with Gasteiger partial charge in [-0.25, -0.2) is 0 Å². The standard InChI is InChI=1S/C16H23N2O2/c1-17-15(19)13-2-3-20-16(13)18(17)14-11-5-9-4-10(7-11)8-12(14)6-9/h9-13,16H,2-8H2,1H3/q+1/t9?,10?,11?,12?,13?,16-/m1/s1. The summed E-state index contributed by atoms with van der Waals surface area (Å²) in [7, 11) is 1.95. The fraction of sp³-hybridized carbons (Fsp3) is 0.875. The first kappa shape index (κ1) is 11.7. The third-order valence-electron chi connectivity index (χ3n) is 6.50. The lowest BCUT2D eigenvalue weighted by atomic mass is 9.55. The van der Waals surface area contributed by atoms with E-state index in [1.165, 1.54) is 32.1 Å². The van der Waals surface area contributed by atoms with Gasteiger partial charge in [0.15, 0.2) is 5.71 Å². The van der Waals surface area contributed by atoms with Crippen molar-refractivity contribution in [1.82, 2.24) is 5.01 Å². The van der Waals surface area contributed by atoms with Crippen LogP contribution in [-0.2, 0) is 9.53 Å². The molecule has 2 aliphatic heterocycles. The van der Waals surface area contributed by atoms with E-state index >= 15 is 0 Å². The third kappa shape index (κ3) is 1.36. The molecule has 108 valence electrons. The number of hydrogen-bond acceptors (Lipinski definition) is 2. The van der Waals surface area contributed by atoms with Crippen LogP contribution in [0.4, 0.5) is 0 Å². The molecule has 4 bridgehead atoms. The Balaban J connectivity index is 1.62.